The van der Waals surface area contributed by atoms with Gasteiger partial charge in [-0.15, -0.1) is 0 Å². The van der Waals surface area contributed by atoms with Crippen LogP contribution >= 0.6 is 0 Å². The minimum Gasteiger partial charge on any atom is -0.351 e. The Balaban J connectivity index is 1.57. The molecular weight excluding hydrogens is 310 g/mol. The number of nitrogens with zero attached hydrogens (tertiary/aromatic N) is 2. The highest BCUT2D eigenvalue weighted by atomic mass is 16.1. The Morgan fingerprint density at radius 1 is 1.08 bits per heavy atom. The summed E-state index contributed by atoms with van der Waals surface area (Å²) >= 11 is 0. The van der Waals surface area contributed by atoms with Gasteiger partial charge in [0.1, 0.15) is 0 Å². The highest BCUT2D eigenvalue weighted by Gasteiger charge is 2.12. The van der Waals surface area contributed by atoms with Gasteiger partial charge in [0, 0.05) is 30.4 Å². The molecule has 128 valence electrons. The molecule has 3 aromatic rings. The number of carbonyl (C=O) groups excluding carboxylic acids is 1. The molecule has 1 atom stereocenters. The quantitative estimate of drug-likeness (QED) is 0.714. The fourth-order valence-electron chi connectivity index (χ4n) is 2.88. The molecule has 0 spiro atoms. The number of amides is 1. The van der Waals surface area contributed by atoms with Crippen molar-refractivity contribution in [2.75, 3.05) is 6.54 Å². The lowest BCUT2D eigenvalue weighted by Crippen LogP contribution is -2.28. The molecule has 4 nitrogen and oxygen atoms in total. The lowest BCUT2D eigenvalue weighted by atomic mass is 9.96. The van der Waals surface area contributed by atoms with Crippen LogP contribution < -0.4 is 5.32 Å². The predicted octanol–water partition coefficient (Wildman–Crippen LogP) is 3.86. The number of hydrogen-bond acceptors (Lipinski definition) is 2. The third-order valence-electron chi connectivity index (χ3n) is 4.39. The van der Waals surface area contributed by atoms with Crippen LogP contribution in [0.1, 0.15) is 40.7 Å². The number of aromatic nitrogens is 2. The van der Waals surface area contributed by atoms with Gasteiger partial charge in [-0.1, -0.05) is 49.4 Å². The van der Waals surface area contributed by atoms with Crippen LogP contribution in [0.4, 0.5) is 0 Å². The van der Waals surface area contributed by atoms with Crippen molar-refractivity contribution < 1.29 is 4.79 Å². The molecule has 0 fully saturated rings. The Morgan fingerprint density at radius 2 is 1.84 bits per heavy atom. The number of rotatable bonds is 7. The Morgan fingerprint density at radius 3 is 2.48 bits per heavy atom. The molecule has 2 aromatic carbocycles. The molecule has 0 aliphatic carbocycles. The molecule has 25 heavy (non-hydrogen) atoms. The van der Waals surface area contributed by atoms with Gasteiger partial charge >= 0.3 is 0 Å². The van der Waals surface area contributed by atoms with Crippen molar-refractivity contribution in [2.24, 2.45) is 0 Å². The van der Waals surface area contributed by atoms with E-state index in [1.807, 2.05) is 59.4 Å². The van der Waals surface area contributed by atoms with Crippen LogP contribution in [-0.4, -0.2) is 22.2 Å². The summed E-state index contributed by atoms with van der Waals surface area (Å²) in [6.45, 7) is 3.50. The molecular formula is C21H23N3O. The SMILES string of the molecule is CCC(CNC(=O)c1ccc(Cn2cccn2)cc1)c1ccccc1. The molecule has 1 heterocycles. The van der Waals surface area contributed by atoms with Gasteiger partial charge in [0.25, 0.3) is 5.91 Å². The van der Waals surface area contributed by atoms with Gasteiger partial charge in [-0.05, 0) is 35.7 Å². The predicted molar refractivity (Wildman–Crippen MR) is 99.6 cm³/mol. The maximum Gasteiger partial charge on any atom is 0.251 e. The molecule has 1 aromatic heterocycles. The van der Waals surface area contributed by atoms with E-state index < -0.39 is 0 Å². The second-order valence-electron chi connectivity index (χ2n) is 6.13. The highest BCUT2D eigenvalue weighted by Crippen LogP contribution is 2.18. The van der Waals surface area contributed by atoms with Gasteiger partial charge in [-0.3, -0.25) is 9.48 Å². The Labute approximate surface area is 148 Å². The van der Waals surface area contributed by atoms with Crippen molar-refractivity contribution in [3.63, 3.8) is 0 Å². The summed E-state index contributed by atoms with van der Waals surface area (Å²) in [5, 5.41) is 7.25. The van der Waals surface area contributed by atoms with Crippen molar-refractivity contribution in [1.82, 2.24) is 15.1 Å². The zero-order valence-corrected chi connectivity index (χ0v) is 14.4. The van der Waals surface area contributed by atoms with Crippen molar-refractivity contribution >= 4 is 5.91 Å². The minimum atomic E-state index is -0.0278. The first kappa shape index (κ1) is 17.0. The number of nitrogens with one attached hydrogen (secondary N) is 1. The van der Waals surface area contributed by atoms with Crippen LogP contribution in [0.15, 0.2) is 73.1 Å². The summed E-state index contributed by atoms with van der Waals surface area (Å²) < 4.78 is 1.86. The first-order valence-corrected chi connectivity index (χ1v) is 8.65. The van der Waals surface area contributed by atoms with Gasteiger partial charge < -0.3 is 5.32 Å². The van der Waals surface area contributed by atoms with Gasteiger partial charge in [0.15, 0.2) is 0 Å². The fourth-order valence-corrected chi connectivity index (χ4v) is 2.88. The van der Waals surface area contributed by atoms with Gasteiger partial charge in [0.2, 0.25) is 0 Å². The largest absolute Gasteiger partial charge is 0.351 e. The van der Waals surface area contributed by atoms with Crippen LogP contribution in [0.2, 0.25) is 0 Å². The summed E-state index contributed by atoms with van der Waals surface area (Å²) in [7, 11) is 0. The maximum absolute atomic E-state index is 12.4. The minimum absolute atomic E-state index is 0.0278. The Bertz CT molecular complexity index is 780. The van der Waals surface area contributed by atoms with Crippen LogP contribution in [-0.2, 0) is 6.54 Å². The molecule has 0 saturated carbocycles. The number of hydrogen-bond donors (Lipinski definition) is 1. The highest BCUT2D eigenvalue weighted by molar-refractivity contribution is 5.94. The average Bonchev–Trinajstić information content (AvgIpc) is 3.16. The number of benzene rings is 2. The summed E-state index contributed by atoms with van der Waals surface area (Å²) in [5.41, 5.74) is 3.07. The van der Waals surface area contributed by atoms with E-state index in [0.717, 1.165) is 12.0 Å². The molecule has 4 heteroatoms. The third kappa shape index (κ3) is 4.57. The fraction of sp³-hybridized carbons (Fsp3) is 0.238. The molecule has 0 radical (unpaired) electrons. The Kier molecular flexibility index (Phi) is 5.62. The molecule has 0 bridgehead atoms. The van der Waals surface area contributed by atoms with Gasteiger partial charge in [-0.2, -0.15) is 5.10 Å². The topological polar surface area (TPSA) is 46.9 Å². The van der Waals surface area contributed by atoms with E-state index in [9.17, 15) is 4.79 Å². The van der Waals surface area contributed by atoms with Crippen LogP contribution in [0.5, 0.6) is 0 Å². The monoisotopic (exact) mass is 333 g/mol. The first-order chi connectivity index (χ1) is 12.3. The third-order valence-corrected chi connectivity index (χ3v) is 4.39. The van der Waals surface area contributed by atoms with E-state index in [4.69, 9.17) is 0 Å². The van der Waals surface area contributed by atoms with Crippen molar-refractivity contribution in [2.45, 2.75) is 25.8 Å². The molecule has 1 amide bonds. The average molecular weight is 333 g/mol. The Hall–Kier alpha value is -2.88. The van der Waals surface area contributed by atoms with Crippen LogP contribution in [0, 0.1) is 0 Å². The zero-order valence-electron chi connectivity index (χ0n) is 14.4. The molecule has 0 aliphatic heterocycles. The lowest BCUT2D eigenvalue weighted by Gasteiger charge is -2.16. The normalized spacial score (nSPS) is 11.9. The molecule has 1 unspecified atom stereocenters. The lowest BCUT2D eigenvalue weighted by molar-refractivity contribution is 0.0951. The molecule has 0 aliphatic rings. The van der Waals surface area contributed by atoms with E-state index in [0.29, 0.717) is 24.6 Å². The van der Waals surface area contributed by atoms with Gasteiger partial charge in [0.05, 0.1) is 6.54 Å². The van der Waals surface area contributed by atoms with Crippen molar-refractivity contribution in [1.29, 1.82) is 0 Å². The van der Waals surface area contributed by atoms with E-state index in [1.54, 1.807) is 6.20 Å². The second-order valence-corrected chi connectivity index (χ2v) is 6.13. The van der Waals surface area contributed by atoms with Crippen LogP contribution in [0.3, 0.4) is 0 Å². The zero-order chi connectivity index (χ0) is 17.5. The smallest absolute Gasteiger partial charge is 0.251 e. The maximum atomic E-state index is 12.4. The summed E-state index contributed by atoms with van der Waals surface area (Å²) in [6, 6.07) is 19.9. The van der Waals surface area contributed by atoms with E-state index in [-0.39, 0.29) is 5.91 Å². The molecule has 3 rings (SSSR count). The van der Waals surface area contributed by atoms with E-state index in [1.165, 1.54) is 5.56 Å². The van der Waals surface area contributed by atoms with Crippen LogP contribution in [0.25, 0.3) is 0 Å². The van der Waals surface area contributed by atoms with E-state index >= 15 is 0 Å². The summed E-state index contributed by atoms with van der Waals surface area (Å²) in [5.74, 6) is 0.309. The first-order valence-electron chi connectivity index (χ1n) is 8.65. The standard InChI is InChI=1S/C21H23N3O/c1-2-18(19-7-4-3-5-8-19)15-22-21(25)20-11-9-17(10-12-20)16-24-14-6-13-23-24/h3-14,18H,2,15-16H2,1H3,(H,22,25). The molecule has 0 saturated heterocycles. The van der Waals surface area contributed by atoms with Gasteiger partial charge in [-0.25, -0.2) is 0 Å². The number of carbonyl (C=O) groups is 1. The van der Waals surface area contributed by atoms with E-state index in [2.05, 4.69) is 29.5 Å². The summed E-state index contributed by atoms with van der Waals surface area (Å²) in [6.07, 6.45) is 4.68. The van der Waals surface area contributed by atoms with Crippen molar-refractivity contribution in [3.05, 3.63) is 89.7 Å². The van der Waals surface area contributed by atoms with Crippen molar-refractivity contribution in [3.8, 4) is 0 Å². The second kappa shape index (κ2) is 8.29. The molecule has 1 N–H and O–H groups in total. The summed E-state index contributed by atoms with van der Waals surface area (Å²) in [4.78, 5) is 12.4.